The Kier molecular flexibility index (Phi) is 5.79. The van der Waals surface area contributed by atoms with Crippen molar-refractivity contribution in [1.82, 2.24) is 9.88 Å². The maximum absolute atomic E-state index is 12.4. The second kappa shape index (κ2) is 8.06. The Hall–Kier alpha value is -2.11. The number of amides is 1. The lowest BCUT2D eigenvalue weighted by atomic mass is 10.0. The van der Waals surface area contributed by atoms with E-state index in [-0.39, 0.29) is 25.1 Å². The zero-order valence-electron chi connectivity index (χ0n) is 15.0. The number of hydrogen-bond acceptors (Lipinski definition) is 2. The number of carbonyl (C=O) groups excluding carboxylic acids is 1. The van der Waals surface area contributed by atoms with Gasteiger partial charge in [-0.3, -0.25) is 4.79 Å². The molecular formula is C21H23BrN2O2. The molecule has 1 aromatic heterocycles. The molecule has 136 valence electrons. The Morgan fingerprint density at radius 2 is 1.96 bits per heavy atom. The average Bonchev–Trinajstić information content (AvgIpc) is 2.99. The van der Waals surface area contributed by atoms with Gasteiger partial charge in [-0.05, 0) is 61.2 Å². The Morgan fingerprint density at radius 3 is 2.69 bits per heavy atom. The zero-order valence-corrected chi connectivity index (χ0v) is 16.6. The topological polar surface area (TPSA) is 54.3 Å². The fourth-order valence-electron chi connectivity index (χ4n) is 3.11. The standard InChI is InChI=1S/C21H23BrN2O2/c1-14-3-4-16(9-15(14)2)10-19(13-25)23-21(26)12-24-8-7-17-11-18(22)5-6-20(17)24/h3-9,11,19,25H,10,12-13H2,1-2H3,(H,23,26). The molecular weight excluding hydrogens is 392 g/mol. The van der Waals surface area contributed by atoms with Gasteiger partial charge < -0.3 is 15.0 Å². The minimum atomic E-state index is -0.291. The van der Waals surface area contributed by atoms with E-state index in [1.807, 2.05) is 35.0 Å². The molecule has 2 N–H and O–H groups in total. The summed E-state index contributed by atoms with van der Waals surface area (Å²) in [5.74, 6) is -0.103. The van der Waals surface area contributed by atoms with Crippen molar-refractivity contribution in [3.8, 4) is 0 Å². The number of rotatable bonds is 6. The monoisotopic (exact) mass is 414 g/mol. The Bertz CT molecular complexity index is 933. The van der Waals surface area contributed by atoms with Crippen LogP contribution in [0, 0.1) is 13.8 Å². The van der Waals surface area contributed by atoms with E-state index in [4.69, 9.17) is 0 Å². The third-order valence-corrected chi connectivity index (χ3v) is 5.18. The first-order valence-electron chi connectivity index (χ1n) is 8.67. The molecule has 0 radical (unpaired) electrons. The van der Waals surface area contributed by atoms with Crippen molar-refractivity contribution >= 4 is 32.7 Å². The lowest BCUT2D eigenvalue weighted by molar-refractivity contribution is -0.122. The second-order valence-corrected chi connectivity index (χ2v) is 7.63. The van der Waals surface area contributed by atoms with Gasteiger partial charge in [0.1, 0.15) is 6.54 Å². The predicted octanol–water partition coefficient (Wildman–Crippen LogP) is 3.74. The normalized spacial score (nSPS) is 12.3. The predicted molar refractivity (Wildman–Crippen MR) is 108 cm³/mol. The van der Waals surface area contributed by atoms with Crippen molar-refractivity contribution in [3.63, 3.8) is 0 Å². The van der Waals surface area contributed by atoms with Crippen LogP contribution in [0.15, 0.2) is 53.1 Å². The van der Waals surface area contributed by atoms with Gasteiger partial charge >= 0.3 is 0 Å². The van der Waals surface area contributed by atoms with Crippen molar-refractivity contribution < 1.29 is 9.90 Å². The molecule has 0 bridgehead atoms. The van der Waals surface area contributed by atoms with Crippen molar-refractivity contribution in [2.75, 3.05) is 6.61 Å². The average molecular weight is 415 g/mol. The maximum Gasteiger partial charge on any atom is 0.240 e. The van der Waals surface area contributed by atoms with Crippen LogP contribution in [0.1, 0.15) is 16.7 Å². The number of nitrogens with one attached hydrogen (secondary N) is 1. The second-order valence-electron chi connectivity index (χ2n) is 6.72. The van der Waals surface area contributed by atoms with Gasteiger partial charge in [0.2, 0.25) is 5.91 Å². The summed E-state index contributed by atoms with van der Waals surface area (Å²) in [4.78, 5) is 12.4. The van der Waals surface area contributed by atoms with Gasteiger partial charge in [-0.15, -0.1) is 0 Å². The number of benzene rings is 2. The van der Waals surface area contributed by atoms with Gasteiger partial charge in [0.15, 0.2) is 0 Å². The highest BCUT2D eigenvalue weighted by Gasteiger charge is 2.14. The molecule has 0 aliphatic rings. The number of nitrogens with zero attached hydrogens (tertiary/aromatic N) is 1. The molecule has 0 spiro atoms. The number of aromatic nitrogens is 1. The van der Waals surface area contributed by atoms with Crippen molar-refractivity contribution in [2.45, 2.75) is 32.9 Å². The number of fused-ring (bicyclic) bond motifs is 1. The van der Waals surface area contributed by atoms with Crippen LogP contribution in [0.3, 0.4) is 0 Å². The van der Waals surface area contributed by atoms with Crippen LogP contribution in [-0.2, 0) is 17.8 Å². The van der Waals surface area contributed by atoms with Crippen molar-refractivity contribution in [1.29, 1.82) is 0 Å². The number of halogens is 1. The van der Waals surface area contributed by atoms with E-state index in [0.717, 1.165) is 20.9 Å². The fraction of sp³-hybridized carbons (Fsp3) is 0.286. The van der Waals surface area contributed by atoms with E-state index in [1.165, 1.54) is 11.1 Å². The summed E-state index contributed by atoms with van der Waals surface area (Å²) >= 11 is 3.46. The van der Waals surface area contributed by atoms with Crippen LogP contribution >= 0.6 is 15.9 Å². The third kappa shape index (κ3) is 4.34. The number of aliphatic hydroxyl groups excluding tert-OH is 1. The van der Waals surface area contributed by atoms with Gasteiger partial charge in [-0.1, -0.05) is 34.1 Å². The summed E-state index contributed by atoms with van der Waals surface area (Å²) in [5.41, 5.74) is 4.58. The summed E-state index contributed by atoms with van der Waals surface area (Å²) in [6.07, 6.45) is 2.52. The SMILES string of the molecule is Cc1ccc(CC(CO)NC(=O)Cn2ccc3cc(Br)ccc32)cc1C. The molecule has 1 unspecified atom stereocenters. The first-order chi connectivity index (χ1) is 12.5. The molecule has 5 heteroatoms. The van der Waals surface area contributed by atoms with E-state index >= 15 is 0 Å². The molecule has 3 rings (SSSR count). The van der Waals surface area contributed by atoms with Gasteiger partial charge in [0, 0.05) is 21.6 Å². The minimum absolute atomic E-state index is 0.0853. The third-order valence-electron chi connectivity index (χ3n) is 4.69. The quantitative estimate of drug-likeness (QED) is 0.645. The van der Waals surface area contributed by atoms with Crippen molar-refractivity contribution in [2.24, 2.45) is 0 Å². The molecule has 0 saturated heterocycles. The number of aliphatic hydroxyl groups is 1. The van der Waals surface area contributed by atoms with Crippen LogP contribution in [0.25, 0.3) is 10.9 Å². The van der Waals surface area contributed by atoms with E-state index < -0.39 is 0 Å². The molecule has 0 aliphatic heterocycles. The lowest BCUT2D eigenvalue weighted by Gasteiger charge is -2.17. The van der Waals surface area contributed by atoms with Gasteiger partial charge in [0.25, 0.3) is 0 Å². The Balaban J connectivity index is 1.65. The first kappa shape index (κ1) is 18.7. The van der Waals surface area contributed by atoms with Crippen molar-refractivity contribution in [3.05, 3.63) is 69.8 Å². The highest BCUT2D eigenvalue weighted by atomic mass is 79.9. The highest BCUT2D eigenvalue weighted by Crippen LogP contribution is 2.20. The van der Waals surface area contributed by atoms with E-state index in [0.29, 0.717) is 6.42 Å². The van der Waals surface area contributed by atoms with E-state index in [2.05, 4.69) is 53.3 Å². The minimum Gasteiger partial charge on any atom is -0.394 e. The van der Waals surface area contributed by atoms with Crippen LogP contribution < -0.4 is 5.32 Å². The highest BCUT2D eigenvalue weighted by molar-refractivity contribution is 9.10. The molecule has 0 saturated carbocycles. The summed E-state index contributed by atoms with van der Waals surface area (Å²) in [5, 5.41) is 13.7. The van der Waals surface area contributed by atoms with Gasteiger partial charge in [-0.25, -0.2) is 0 Å². The summed E-state index contributed by atoms with van der Waals surface area (Å²) in [6, 6.07) is 13.9. The molecule has 0 aliphatic carbocycles. The van der Waals surface area contributed by atoms with Crippen LogP contribution in [0.4, 0.5) is 0 Å². The molecule has 1 amide bonds. The zero-order chi connectivity index (χ0) is 18.7. The number of aryl methyl sites for hydroxylation is 2. The van der Waals surface area contributed by atoms with Crippen LogP contribution in [-0.4, -0.2) is 28.2 Å². The number of hydrogen-bond donors (Lipinski definition) is 2. The largest absolute Gasteiger partial charge is 0.394 e. The number of carbonyl (C=O) groups is 1. The molecule has 3 aromatic rings. The molecule has 26 heavy (non-hydrogen) atoms. The van der Waals surface area contributed by atoms with E-state index in [9.17, 15) is 9.90 Å². The first-order valence-corrected chi connectivity index (χ1v) is 9.46. The van der Waals surface area contributed by atoms with E-state index in [1.54, 1.807) is 0 Å². The Morgan fingerprint density at radius 1 is 1.15 bits per heavy atom. The summed E-state index contributed by atoms with van der Waals surface area (Å²) in [7, 11) is 0. The van der Waals surface area contributed by atoms with Gasteiger partial charge in [0.05, 0.1) is 12.6 Å². The smallest absolute Gasteiger partial charge is 0.240 e. The van der Waals surface area contributed by atoms with Crippen LogP contribution in [0.2, 0.25) is 0 Å². The molecule has 4 nitrogen and oxygen atoms in total. The lowest BCUT2D eigenvalue weighted by Crippen LogP contribution is -2.40. The summed E-state index contributed by atoms with van der Waals surface area (Å²) in [6.45, 7) is 4.29. The fourth-order valence-corrected chi connectivity index (χ4v) is 3.49. The molecule has 2 aromatic carbocycles. The van der Waals surface area contributed by atoms with Crippen LogP contribution in [0.5, 0.6) is 0 Å². The van der Waals surface area contributed by atoms with Gasteiger partial charge in [-0.2, -0.15) is 0 Å². The Labute approximate surface area is 162 Å². The maximum atomic E-state index is 12.4. The summed E-state index contributed by atoms with van der Waals surface area (Å²) < 4.78 is 2.93. The molecule has 1 heterocycles. The molecule has 0 fully saturated rings. The molecule has 1 atom stereocenters.